The molecule has 2 aromatic carbocycles. The van der Waals surface area contributed by atoms with Crippen molar-refractivity contribution < 1.29 is 4.74 Å². The van der Waals surface area contributed by atoms with E-state index in [0.29, 0.717) is 17.4 Å². The monoisotopic (exact) mass is 431 g/mol. The molecule has 0 spiro atoms. The van der Waals surface area contributed by atoms with Crippen molar-refractivity contribution in [2.75, 3.05) is 6.54 Å². The number of thiazole rings is 1. The number of nitrogens with zero attached hydrogens (tertiary/aromatic N) is 2. The van der Waals surface area contributed by atoms with E-state index in [0.717, 1.165) is 30.0 Å². The number of hydrogen-bond acceptors (Lipinski definition) is 5. The number of aromatic nitrogens is 1. The molecule has 0 aliphatic heterocycles. The third-order valence-electron chi connectivity index (χ3n) is 5.67. The van der Waals surface area contributed by atoms with Gasteiger partial charge in [0, 0.05) is 17.8 Å². The number of benzene rings is 2. The Morgan fingerprint density at radius 1 is 1.29 bits per heavy atom. The maximum absolute atomic E-state index is 9.54. The van der Waals surface area contributed by atoms with Gasteiger partial charge in [0.1, 0.15) is 16.8 Å². The van der Waals surface area contributed by atoms with Crippen molar-refractivity contribution in [2.45, 2.75) is 58.6 Å². The number of ether oxygens (including phenoxy) is 1. The highest BCUT2D eigenvalue weighted by Gasteiger charge is 2.25. The Labute approximate surface area is 188 Å². The average Bonchev–Trinajstić information content (AvgIpc) is 3.41. The van der Waals surface area contributed by atoms with Gasteiger partial charge in [0.25, 0.3) is 0 Å². The highest BCUT2D eigenvalue weighted by molar-refractivity contribution is 7.18. The van der Waals surface area contributed by atoms with Crippen LogP contribution in [0.2, 0.25) is 0 Å². The fourth-order valence-corrected chi connectivity index (χ4v) is 5.15. The van der Waals surface area contributed by atoms with Crippen LogP contribution in [-0.4, -0.2) is 17.6 Å². The number of nitrogens with one attached hydrogen (secondary N) is 1. The summed E-state index contributed by atoms with van der Waals surface area (Å²) in [5.41, 5.74) is 5.68. The van der Waals surface area contributed by atoms with Crippen LogP contribution in [0.5, 0.6) is 5.75 Å². The lowest BCUT2D eigenvalue weighted by Crippen LogP contribution is -2.20. The minimum absolute atomic E-state index is 0.0323. The third kappa shape index (κ3) is 4.66. The van der Waals surface area contributed by atoms with E-state index in [9.17, 15) is 5.26 Å². The number of fused-ring (bicyclic) bond motifs is 1. The molecule has 1 aliphatic rings. The van der Waals surface area contributed by atoms with Crippen LogP contribution in [-0.2, 0) is 6.42 Å². The second kappa shape index (κ2) is 9.64. The first-order chi connectivity index (χ1) is 15.1. The van der Waals surface area contributed by atoms with Gasteiger partial charge in [0.2, 0.25) is 0 Å². The molecule has 0 saturated heterocycles. The molecule has 1 unspecified atom stereocenters. The summed E-state index contributed by atoms with van der Waals surface area (Å²) >= 11 is 1.69. The molecule has 3 aromatic rings. The van der Waals surface area contributed by atoms with Crippen LogP contribution in [0.1, 0.15) is 62.8 Å². The zero-order valence-corrected chi connectivity index (χ0v) is 19.3. The molecule has 0 amide bonds. The van der Waals surface area contributed by atoms with Gasteiger partial charge >= 0.3 is 0 Å². The lowest BCUT2D eigenvalue weighted by Gasteiger charge is -2.14. The molecule has 5 heteroatoms. The molecule has 1 atom stereocenters. The molecule has 1 heterocycles. The van der Waals surface area contributed by atoms with Crippen LogP contribution in [0.25, 0.3) is 21.0 Å². The van der Waals surface area contributed by atoms with Gasteiger partial charge in [-0.15, -0.1) is 11.3 Å². The molecule has 1 N–H and O–H groups in total. The van der Waals surface area contributed by atoms with Crippen LogP contribution in [0, 0.1) is 11.3 Å². The summed E-state index contributed by atoms with van der Waals surface area (Å²) < 4.78 is 5.75. The van der Waals surface area contributed by atoms with Crippen molar-refractivity contribution in [3.63, 3.8) is 0 Å². The summed E-state index contributed by atoms with van der Waals surface area (Å²) in [4.78, 5) is 5.87. The normalized spacial score (nSPS) is 15.1. The fourth-order valence-electron chi connectivity index (χ4n) is 4.19. The minimum Gasteiger partial charge on any atom is -0.490 e. The highest BCUT2D eigenvalue weighted by atomic mass is 32.1. The van der Waals surface area contributed by atoms with E-state index in [2.05, 4.69) is 41.5 Å². The van der Waals surface area contributed by atoms with Crippen LogP contribution in [0.15, 0.2) is 42.6 Å². The van der Waals surface area contributed by atoms with E-state index in [1.165, 1.54) is 34.4 Å². The van der Waals surface area contributed by atoms with E-state index in [4.69, 9.17) is 4.74 Å². The highest BCUT2D eigenvalue weighted by Crippen LogP contribution is 2.41. The molecule has 160 valence electrons. The predicted octanol–water partition coefficient (Wildman–Crippen LogP) is 6.51. The zero-order valence-electron chi connectivity index (χ0n) is 18.4. The van der Waals surface area contributed by atoms with Gasteiger partial charge in [-0.05, 0) is 74.5 Å². The zero-order chi connectivity index (χ0) is 21.8. The first kappa shape index (κ1) is 21.5. The Morgan fingerprint density at radius 2 is 2.16 bits per heavy atom. The van der Waals surface area contributed by atoms with Crippen LogP contribution in [0.4, 0.5) is 0 Å². The Balaban J connectivity index is 1.60. The van der Waals surface area contributed by atoms with Gasteiger partial charge in [-0.2, -0.15) is 5.26 Å². The molecule has 1 aliphatic carbocycles. The number of rotatable bonds is 8. The summed E-state index contributed by atoms with van der Waals surface area (Å²) in [7, 11) is 0. The van der Waals surface area contributed by atoms with Crippen molar-refractivity contribution in [3.8, 4) is 32.8 Å². The molecule has 1 aromatic heterocycles. The molecule has 0 radical (unpaired) electrons. The SMILES string of the molecule is CCCCNC1CCc2c(-c3cnc(-c4ccc(OC(C)C)c(C#N)c4)s3)cccc21. The predicted molar refractivity (Wildman–Crippen MR) is 127 cm³/mol. The maximum Gasteiger partial charge on any atom is 0.137 e. The van der Waals surface area contributed by atoms with Crippen molar-refractivity contribution in [1.82, 2.24) is 10.3 Å². The largest absolute Gasteiger partial charge is 0.490 e. The lowest BCUT2D eigenvalue weighted by molar-refractivity contribution is 0.242. The van der Waals surface area contributed by atoms with Gasteiger partial charge in [-0.25, -0.2) is 4.98 Å². The Kier molecular flexibility index (Phi) is 6.70. The van der Waals surface area contributed by atoms with Crippen molar-refractivity contribution in [3.05, 3.63) is 59.3 Å². The second-order valence-electron chi connectivity index (χ2n) is 8.29. The van der Waals surface area contributed by atoms with Gasteiger partial charge in [-0.1, -0.05) is 31.5 Å². The molecule has 0 saturated carbocycles. The van der Waals surface area contributed by atoms with Gasteiger partial charge in [-0.3, -0.25) is 0 Å². The number of hydrogen-bond donors (Lipinski definition) is 1. The smallest absolute Gasteiger partial charge is 0.137 e. The van der Waals surface area contributed by atoms with Crippen molar-refractivity contribution >= 4 is 11.3 Å². The second-order valence-corrected chi connectivity index (χ2v) is 9.32. The first-order valence-corrected chi connectivity index (χ1v) is 11.9. The van der Waals surface area contributed by atoms with E-state index >= 15 is 0 Å². The maximum atomic E-state index is 9.54. The van der Waals surface area contributed by atoms with Gasteiger partial charge in [0.15, 0.2) is 0 Å². The Morgan fingerprint density at radius 3 is 2.94 bits per heavy atom. The summed E-state index contributed by atoms with van der Waals surface area (Å²) in [5, 5.41) is 14.2. The minimum atomic E-state index is 0.0323. The quantitative estimate of drug-likeness (QED) is 0.413. The van der Waals surface area contributed by atoms with Gasteiger partial charge in [0.05, 0.1) is 16.5 Å². The molecule has 4 nitrogen and oxygen atoms in total. The van der Waals surface area contributed by atoms with Crippen molar-refractivity contribution in [1.29, 1.82) is 5.26 Å². The molecular formula is C26H29N3OS. The summed E-state index contributed by atoms with van der Waals surface area (Å²) in [6.45, 7) is 7.23. The Bertz CT molecular complexity index is 1100. The van der Waals surface area contributed by atoms with E-state index < -0.39 is 0 Å². The Hall–Kier alpha value is -2.68. The molecule has 0 fully saturated rings. The van der Waals surface area contributed by atoms with E-state index in [1.54, 1.807) is 11.3 Å². The van der Waals surface area contributed by atoms with Gasteiger partial charge < -0.3 is 10.1 Å². The third-order valence-corrected chi connectivity index (χ3v) is 6.75. The van der Waals surface area contributed by atoms with Crippen molar-refractivity contribution in [2.24, 2.45) is 0 Å². The summed E-state index contributed by atoms with van der Waals surface area (Å²) in [6.07, 6.45) is 6.69. The molecular weight excluding hydrogens is 402 g/mol. The average molecular weight is 432 g/mol. The summed E-state index contributed by atoms with van der Waals surface area (Å²) in [5.74, 6) is 0.625. The standard InChI is InChI=1S/C26H29N3OS/c1-4-5-13-28-23-11-10-20-21(23)7-6-8-22(20)25-16-29-26(31-25)18-9-12-24(30-17(2)3)19(14-18)15-27/h6-9,12,14,16-17,23,28H,4-5,10-11,13H2,1-3H3. The summed E-state index contributed by atoms with van der Waals surface area (Å²) in [6, 6.07) is 15.1. The van der Waals surface area contributed by atoms with E-state index in [-0.39, 0.29) is 6.10 Å². The topological polar surface area (TPSA) is 57.9 Å². The first-order valence-electron chi connectivity index (χ1n) is 11.1. The molecule has 4 rings (SSSR count). The lowest BCUT2D eigenvalue weighted by atomic mass is 10.0. The molecule has 31 heavy (non-hydrogen) atoms. The van der Waals surface area contributed by atoms with Crippen LogP contribution in [0.3, 0.4) is 0 Å². The molecule has 0 bridgehead atoms. The number of unbranched alkanes of at least 4 members (excludes halogenated alkanes) is 1. The van der Waals surface area contributed by atoms with Crippen LogP contribution >= 0.6 is 11.3 Å². The number of nitriles is 1. The van der Waals surface area contributed by atoms with E-state index in [1.807, 2.05) is 38.2 Å². The fraction of sp³-hybridized carbons (Fsp3) is 0.385. The van der Waals surface area contributed by atoms with Crippen LogP contribution < -0.4 is 10.1 Å².